The normalized spacial score (nSPS) is 20.8. The zero-order valence-electron chi connectivity index (χ0n) is 9.97. The number of fused-ring (bicyclic) bond motifs is 1. The molecule has 0 bridgehead atoms. The maximum absolute atomic E-state index is 6.03. The fraction of sp³-hybridized carbons (Fsp3) is 0.333. The van der Waals surface area contributed by atoms with Crippen LogP contribution in [-0.4, -0.2) is 19.1 Å². The van der Waals surface area contributed by atoms with E-state index in [-0.39, 0.29) is 0 Å². The number of nitrogens with two attached hydrogens (primary N) is 1. The second-order valence-corrected chi connectivity index (χ2v) is 4.88. The molecule has 0 saturated carbocycles. The molecule has 1 aliphatic rings. The maximum Gasteiger partial charge on any atom is 0.0373 e. The molecule has 2 aromatic rings. The van der Waals surface area contributed by atoms with E-state index >= 15 is 0 Å². The van der Waals surface area contributed by atoms with E-state index in [0.29, 0.717) is 6.04 Å². The van der Waals surface area contributed by atoms with Crippen molar-refractivity contribution >= 4 is 16.5 Å². The molecule has 88 valence electrons. The molecule has 2 aromatic carbocycles. The second-order valence-electron chi connectivity index (χ2n) is 4.88. The van der Waals surface area contributed by atoms with Crippen LogP contribution in [0.1, 0.15) is 12.8 Å². The summed E-state index contributed by atoms with van der Waals surface area (Å²) in [4.78, 5) is 2.40. The molecule has 2 N–H and O–H groups in total. The number of piperidine rings is 1. The van der Waals surface area contributed by atoms with Crippen LogP contribution < -0.4 is 10.6 Å². The number of rotatable bonds is 1. The van der Waals surface area contributed by atoms with Crippen molar-refractivity contribution in [1.29, 1.82) is 0 Å². The Labute approximate surface area is 102 Å². The summed E-state index contributed by atoms with van der Waals surface area (Å²) < 4.78 is 0. The zero-order valence-corrected chi connectivity index (χ0v) is 9.97. The fourth-order valence-electron chi connectivity index (χ4n) is 2.62. The monoisotopic (exact) mass is 226 g/mol. The van der Waals surface area contributed by atoms with Crippen LogP contribution in [0.2, 0.25) is 0 Å². The summed E-state index contributed by atoms with van der Waals surface area (Å²) >= 11 is 0. The lowest BCUT2D eigenvalue weighted by Gasteiger charge is -2.32. The van der Waals surface area contributed by atoms with E-state index in [2.05, 4.69) is 47.4 Å². The van der Waals surface area contributed by atoms with E-state index in [1.54, 1.807) is 0 Å². The minimum Gasteiger partial charge on any atom is -0.370 e. The summed E-state index contributed by atoms with van der Waals surface area (Å²) in [5, 5.41) is 2.61. The van der Waals surface area contributed by atoms with Gasteiger partial charge in [-0.2, -0.15) is 0 Å². The lowest BCUT2D eigenvalue weighted by Crippen LogP contribution is -2.42. The van der Waals surface area contributed by atoms with Gasteiger partial charge in [-0.3, -0.25) is 0 Å². The highest BCUT2D eigenvalue weighted by Gasteiger charge is 2.16. The average Bonchev–Trinajstić information content (AvgIpc) is 2.38. The van der Waals surface area contributed by atoms with E-state index in [1.165, 1.54) is 22.9 Å². The first-order chi connectivity index (χ1) is 8.33. The van der Waals surface area contributed by atoms with Gasteiger partial charge in [0.15, 0.2) is 0 Å². The van der Waals surface area contributed by atoms with Crippen LogP contribution in [0.4, 0.5) is 5.69 Å². The van der Waals surface area contributed by atoms with Crippen LogP contribution in [-0.2, 0) is 0 Å². The molecular weight excluding hydrogens is 208 g/mol. The van der Waals surface area contributed by atoms with Gasteiger partial charge in [-0.15, -0.1) is 0 Å². The van der Waals surface area contributed by atoms with Gasteiger partial charge >= 0.3 is 0 Å². The predicted molar refractivity (Wildman–Crippen MR) is 73.4 cm³/mol. The number of anilines is 1. The molecular formula is C15H18N2. The van der Waals surface area contributed by atoms with Crippen molar-refractivity contribution < 1.29 is 0 Å². The Morgan fingerprint density at radius 2 is 1.88 bits per heavy atom. The molecule has 1 fully saturated rings. The van der Waals surface area contributed by atoms with Crippen LogP contribution in [0.15, 0.2) is 42.5 Å². The molecule has 0 radical (unpaired) electrons. The van der Waals surface area contributed by atoms with Gasteiger partial charge in [0.1, 0.15) is 0 Å². The van der Waals surface area contributed by atoms with E-state index in [9.17, 15) is 0 Å². The first-order valence-corrected chi connectivity index (χ1v) is 6.32. The lowest BCUT2D eigenvalue weighted by molar-refractivity contribution is 0.506. The Bertz CT molecular complexity index is 521. The van der Waals surface area contributed by atoms with E-state index < -0.39 is 0 Å². The first kappa shape index (κ1) is 10.6. The smallest absolute Gasteiger partial charge is 0.0373 e. The van der Waals surface area contributed by atoms with Crippen molar-refractivity contribution in [2.75, 3.05) is 18.0 Å². The Balaban J connectivity index is 1.94. The second kappa shape index (κ2) is 4.38. The highest BCUT2D eigenvalue weighted by atomic mass is 15.1. The summed E-state index contributed by atoms with van der Waals surface area (Å²) in [6, 6.07) is 15.5. The van der Waals surface area contributed by atoms with Crippen molar-refractivity contribution in [2.45, 2.75) is 18.9 Å². The molecule has 2 heteroatoms. The molecule has 1 aliphatic heterocycles. The summed E-state index contributed by atoms with van der Waals surface area (Å²) in [5.41, 5.74) is 7.34. The molecule has 1 saturated heterocycles. The number of hydrogen-bond acceptors (Lipinski definition) is 2. The minimum absolute atomic E-state index is 0.329. The Morgan fingerprint density at radius 1 is 1.06 bits per heavy atom. The minimum atomic E-state index is 0.329. The summed E-state index contributed by atoms with van der Waals surface area (Å²) in [5.74, 6) is 0. The van der Waals surface area contributed by atoms with Crippen molar-refractivity contribution in [2.24, 2.45) is 5.73 Å². The third-order valence-electron chi connectivity index (χ3n) is 3.56. The quantitative estimate of drug-likeness (QED) is 0.810. The molecule has 1 heterocycles. The van der Waals surface area contributed by atoms with Gasteiger partial charge in [0, 0.05) is 24.8 Å². The molecule has 3 rings (SSSR count). The molecule has 2 nitrogen and oxygen atoms in total. The standard InChI is InChI=1S/C15H18N2/c16-14-6-3-9-17(11-14)15-8-7-12-4-1-2-5-13(12)10-15/h1-2,4-5,7-8,10,14H,3,6,9,11,16H2/t14-/m0/s1. The van der Waals surface area contributed by atoms with E-state index in [1.807, 2.05) is 0 Å². The summed E-state index contributed by atoms with van der Waals surface area (Å²) in [6.07, 6.45) is 2.36. The molecule has 0 aliphatic carbocycles. The van der Waals surface area contributed by atoms with Gasteiger partial charge in [0.05, 0.1) is 0 Å². The number of benzene rings is 2. The van der Waals surface area contributed by atoms with Crippen LogP contribution in [0.5, 0.6) is 0 Å². The van der Waals surface area contributed by atoms with Crippen molar-refractivity contribution in [3.63, 3.8) is 0 Å². The highest BCUT2D eigenvalue weighted by molar-refractivity contribution is 5.85. The third kappa shape index (κ3) is 2.13. The van der Waals surface area contributed by atoms with Crippen molar-refractivity contribution in [3.8, 4) is 0 Å². The highest BCUT2D eigenvalue weighted by Crippen LogP contribution is 2.24. The molecule has 0 unspecified atom stereocenters. The Kier molecular flexibility index (Phi) is 2.73. The summed E-state index contributed by atoms with van der Waals surface area (Å²) in [6.45, 7) is 2.12. The number of nitrogens with zero attached hydrogens (tertiary/aromatic N) is 1. The van der Waals surface area contributed by atoms with E-state index in [4.69, 9.17) is 5.73 Å². The fourth-order valence-corrected chi connectivity index (χ4v) is 2.62. The van der Waals surface area contributed by atoms with Gasteiger partial charge in [0.25, 0.3) is 0 Å². The van der Waals surface area contributed by atoms with Gasteiger partial charge in [-0.25, -0.2) is 0 Å². The van der Waals surface area contributed by atoms with Gasteiger partial charge < -0.3 is 10.6 Å². The van der Waals surface area contributed by atoms with Gasteiger partial charge in [-0.1, -0.05) is 30.3 Å². The lowest BCUT2D eigenvalue weighted by atomic mass is 10.0. The SMILES string of the molecule is N[C@H]1CCCN(c2ccc3ccccc3c2)C1. The number of hydrogen-bond donors (Lipinski definition) is 1. The first-order valence-electron chi connectivity index (χ1n) is 6.32. The van der Waals surface area contributed by atoms with Crippen LogP contribution >= 0.6 is 0 Å². The van der Waals surface area contributed by atoms with Crippen LogP contribution in [0.3, 0.4) is 0 Å². The molecule has 1 atom stereocenters. The third-order valence-corrected chi connectivity index (χ3v) is 3.56. The average molecular weight is 226 g/mol. The summed E-state index contributed by atoms with van der Waals surface area (Å²) in [7, 11) is 0. The predicted octanol–water partition coefficient (Wildman–Crippen LogP) is 2.77. The van der Waals surface area contributed by atoms with Crippen molar-refractivity contribution in [1.82, 2.24) is 0 Å². The maximum atomic E-state index is 6.03. The Morgan fingerprint density at radius 3 is 2.71 bits per heavy atom. The molecule has 17 heavy (non-hydrogen) atoms. The molecule has 0 aromatic heterocycles. The van der Waals surface area contributed by atoms with Crippen LogP contribution in [0.25, 0.3) is 10.8 Å². The largest absolute Gasteiger partial charge is 0.370 e. The van der Waals surface area contributed by atoms with Crippen molar-refractivity contribution in [3.05, 3.63) is 42.5 Å². The topological polar surface area (TPSA) is 29.3 Å². The zero-order chi connectivity index (χ0) is 11.7. The Hall–Kier alpha value is -1.54. The van der Waals surface area contributed by atoms with Gasteiger partial charge in [0.2, 0.25) is 0 Å². The van der Waals surface area contributed by atoms with Crippen LogP contribution in [0, 0.1) is 0 Å². The van der Waals surface area contributed by atoms with Gasteiger partial charge in [-0.05, 0) is 35.7 Å². The van der Waals surface area contributed by atoms with E-state index in [0.717, 1.165) is 19.5 Å². The molecule has 0 spiro atoms. The molecule has 0 amide bonds.